The number of carbonyl (C=O) groups is 2. The van der Waals surface area contributed by atoms with E-state index in [1.165, 1.54) is 0 Å². The first-order valence-corrected chi connectivity index (χ1v) is 8.76. The van der Waals surface area contributed by atoms with Gasteiger partial charge in [-0.15, -0.1) is 0 Å². The molecule has 2 aromatic rings. The maximum Gasteiger partial charge on any atom is 0.314 e. The lowest BCUT2D eigenvalue weighted by Crippen LogP contribution is -2.29. The number of rotatable bonds is 5. The Labute approximate surface area is 154 Å². The molecule has 138 valence electrons. The van der Waals surface area contributed by atoms with Crippen LogP contribution in [0.15, 0.2) is 42.5 Å². The molecule has 0 saturated heterocycles. The Morgan fingerprint density at radius 1 is 0.885 bits per heavy atom. The summed E-state index contributed by atoms with van der Waals surface area (Å²) >= 11 is 0. The summed E-state index contributed by atoms with van der Waals surface area (Å²) < 4.78 is 5.56. The second-order valence-electron chi connectivity index (χ2n) is 6.79. The van der Waals surface area contributed by atoms with Crippen molar-refractivity contribution < 1.29 is 14.3 Å². The van der Waals surface area contributed by atoms with Gasteiger partial charge in [-0.2, -0.15) is 0 Å². The SMILES string of the molecule is Cc1cccc(C(C)C)c1NC(=O)C(=O)Nc1ccc(OC(C)C)cc1. The van der Waals surface area contributed by atoms with Gasteiger partial charge in [0.25, 0.3) is 0 Å². The fraction of sp³-hybridized carbons (Fsp3) is 0.333. The molecule has 2 aromatic carbocycles. The Morgan fingerprint density at radius 3 is 2.08 bits per heavy atom. The van der Waals surface area contributed by atoms with E-state index in [9.17, 15) is 9.59 Å². The summed E-state index contributed by atoms with van der Waals surface area (Å²) in [5, 5.41) is 5.35. The lowest BCUT2D eigenvalue weighted by molar-refractivity contribution is -0.133. The lowest BCUT2D eigenvalue weighted by Gasteiger charge is -2.16. The smallest absolute Gasteiger partial charge is 0.314 e. The number of ether oxygens (including phenoxy) is 1. The van der Waals surface area contributed by atoms with Crippen molar-refractivity contribution in [3.05, 3.63) is 53.6 Å². The Morgan fingerprint density at radius 2 is 1.50 bits per heavy atom. The van der Waals surface area contributed by atoms with E-state index >= 15 is 0 Å². The van der Waals surface area contributed by atoms with Gasteiger partial charge in [-0.1, -0.05) is 32.0 Å². The van der Waals surface area contributed by atoms with Crippen LogP contribution in [-0.4, -0.2) is 17.9 Å². The van der Waals surface area contributed by atoms with Crippen molar-refractivity contribution in [2.45, 2.75) is 46.6 Å². The number of para-hydroxylation sites is 1. The molecular formula is C21H26N2O3. The summed E-state index contributed by atoms with van der Waals surface area (Å²) in [6, 6.07) is 12.7. The first kappa shape index (κ1) is 19.5. The van der Waals surface area contributed by atoms with Gasteiger partial charge in [0.05, 0.1) is 6.10 Å². The minimum absolute atomic E-state index is 0.0745. The Bertz CT molecular complexity index is 780. The van der Waals surface area contributed by atoms with E-state index in [0.717, 1.165) is 11.1 Å². The molecule has 0 heterocycles. The van der Waals surface area contributed by atoms with E-state index in [1.54, 1.807) is 24.3 Å². The molecule has 0 aliphatic heterocycles. The fourth-order valence-electron chi connectivity index (χ4n) is 2.59. The number of hydrogen-bond acceptors (Lipinski definition) is 3. The minimum atomic E-state index is -0.708. The van der Waals surface area contributed by atoms with Crippen LogP contribution >= 0.6 is 0 Å². The van der Waals surface area contributed by atoms with Crippen LogP contribution in [0.2, 0.25) is 0 Å². The fourth-order valence-corrected chi connectivity index (χ4v) is 2.59. The van der Waals surface area contributed by atoms with Crippen LogP contribution in [0.5, 0.6) is 5.75 Å². The highest BCUT2D eigenvalue weighted by Crippen LogP contribution is 2.27. The van der Waals surface area contributed by atoms with Gasteiger partial charge >= 0.3 is 11.8 Å². The molecule has 2 rings (SSSR count). The zero-order valence-electron chi connectivity index (χ0n) is 15.9. The summed E-state index contributed by atoms with van der Waals surface area (Å²) in [4.78, 5) is 24.5. The monoisotopic (exact) mass is 354 g/mol. The van der Waals surface area contributed by atoms with E-state index < -0.39 is 11.8 Å². The lowest BCUT2D eigenvalue weighted by atomic mass is 9.98. The Balaban J connectivity index is 2.06. The van der Waals surface area contributed by atoms with Gasteiger partial charge in [-0.25, -0.2) is 0 Å². The number of nitrogens with one attached hydrogen (secondary N) is 2. The number of benzene rings is 2. The normalized spacial score (nSPS) is 10.7. The molecule has 0 aliphatic carbocycles. The molecule has 0 unspecified atom stereocenters. The van der Waals surface area contributed by atoms with Gasteiger partial charge in [0.2, 0.25) is 0 Å². The highest BCUT2D eigenvalue weighted by atomic mass is 16.5. The summed E-state index contributed by atoms with van der Waals surface area (Å²) in [7, 11) is 0. The molecular weight excluding hydrogens is 328 g/mol. The standard InChI is InChI=1S/C21H26N2O3/c1-13(2)18-8-6-7-15(5)19(18)23-21(25)20(24)22-16-9-11-17(12-10-16)26-14(3)4/h6-14H,1-5H3,(H,22,24)(H,23,25). The second kappa shape index (κ2) is 8.52. The van der Waals surface area contributed by atoms with Crippen molar-refractivity contribution in [1.29, 1.82) is 0 Å². The summed E-state index contributed by atoms with van der Waals surface area (Å²) in [6.07, 6.45) is 0.0745. The minimum Gasteiger partial charge on any atom is -0.491 e. The first-order chi connectivity index (χ1) is 12.3. The summed E-state index contributed by atoms with van der Waals surface area (Å²) in [5.74, 6) is -0.449. The Kier molecular flexibility index (Phi) is 6.39. The average Bonchev–Trinajstić information content (AvgIpc) is 2.57. The topological polar surface area (TPSA) is 67.4 Å². The van der Waals surface area contributed by atoms with E-state index in [0.29, 0.717) is 17.1 Å². The van der Waals surface area contributed by atoms with Crippen molar-refractivity contribution in [2.24, 2.45) is 0 Å². The molecule has 0 spiro atoms. The van der Waals surface area contributed by atoms with Gasteiger partial charge < -0.3 is 15.4 Å². The third-order valence-corrected chi connectivity index (χ3v) is 3.86. The van der Waals surface area contributed by atoms with E-state index in [2.05, 4.69) is 10.6 Å². The number of hydrogen-bond donors (Lipinski definition) is 2. The van der Waals surface area contributed by atoms with Crippen LogP contribution in [0.3, 0.4) is 0 Å². The van der Waals surface area contributed by atoms with Gasteiger partial charge in [-0.05, 0) is 62.1 Å². The molecule has 0 atom stereocenters. The summed E-state index contributed by atoms with van der Waals surface area (Å²) in [6.45, 7) is 9.89. The predicted molar refractivity (Wildman–Crippen MR) is 105 cm³/mol. The van der Waals surface area contributed by atoms with E-state index in [-0.39, 0.29) is 12.0 Å². The van der Waals surface area contributed by atoms with Crippen LogP contribution in [-0.2, 0) is 9.59 Å². The second-order valence-corrected chi connectivity index (χ2v) is 6.79. The van der Waals surface area contributed by atoms with Gasteiger partial charge in [0.15, 0.2) is 0 Å². The zero-order valence-corrected chi connectivity index (χ0v) is 15.9. The molecule has 0 radical (unpaired) electrons. The molecule has 26 heavy (non-hydrogen) atoms. The number of amides is 2. The van der Waals surface area contributed by atoms with Crippen molar-refractivity contribution in [1.82, 2.24) is 0 Å². The van der Waals surface area contributed by atoms with Crippen molar-refractivity contribution >= 4 is 23.2 Å². The highest BCUT2D eigenvalue weighted by Gasteiger charge is 2.18. The molecule has 0 saturated carbocycles. The molecule has 0 aliphatic rings. The van der Waals surface area contributed by atoms with Crippen LogP contribution in [0, 0.1) is 6.92 Å². The molecule has 0 aromatic heterocycles. The van der Waals surface area contributed by atoms with Crippen LogP contribution in [0.1, 0.15) is 44.7 Å². The molecule has 2 N–H and O–H groups in total. The van der Waals surface area contributed by atoms with Gasteiger partial charge in [-0.3, -0.25) is 9.59 Å². The van der Waals surface area contributed by atoms with E-state index in [4.69, 9.17) is 4.74 Å². The average molecular weight is 354 g/mol. The first-order valence-electron chi connectivity index (χ1n) is 8.76. The van der Waals surface area contributed by atoms with Gasteiger partial charge in [0, 0.05) is 11.4 Å². The Hall–Kier alpha value is -2.82. The predicted octanol–water partition coefficient (Wildman–Crippen LogP) is 4.48. The van der Waals surface area contributed by atoms with Crippen LogP contribution < -0.4 is 15.4 Å². The summed E-state index contributed by atoms with van der Waals surface area (Å²) in [5.41, 5.74) is 3.16. The quantitative estimate of drug-likeness (QED) is 0.778. The third kappa shape index (κ3) is 5.09. The van der Waals surface area contributed by atoms with Crippen LogP contribution in [0.25, 0.3) is 0 Å². The largest absolute Gasteiger partial charge is 0.491 e. The number of anilines is 2. The molecule has 5 nitrogen and oxygen atoms in total. The highest BCUT2D eigenvalue weighted by molar-refractivity contribution is 6.43. The molecule has 2 amide bonds. The molecule has 0 fully saturated rings. The third-order valence-electron chi connectivity index (χ3n) is 3.86. The molecule has 0 bridgehead atoms. The molecule has 5 heteroatoms. The van der Waals surface area contributed by atoms with Crippen molar-refractivity contribution in [3.63, 3.8) is 0 Å². The number of aryl methyl sites for hydroxylation is 1. The van der Waals surface area contributed by atoms with E-state index in [1.807, 2.05) is 52.8 Å². The van der Waals surface area contributed by atoms with Crippen molar-refractivity contribution in [3.8, 4) is 5.75 Å². The van der Waals surface area contributed by atoms with Crippen molar-refractivity contribution in [2.75, 3.05) is 10.6 Å². The number of carbonyl (C=O) groups excluding carboxylic acids is 2. The maximum absolute atomic E-state index is 12.3. The van der Waals surface area contributed by atoms with Crippen LogP contribution in [0.4, 0.5) is 11.4 Å². The maximum atomic E-state index is 12.3. The van der Waals surface area contributed by atoms with Gasteiger partial charge in [0.1, 0.15) is 5.75 Å². The zero-order chi connectivity index (χ0) is 19.3.